The Kier molecular flexibility index (Phi) is 5.59. The number of carbonyl (C=O) groups excluding carboxylic acids is 1. The molecule has 1 fully saturated rings. The summed E-state index contributed by atoms with van der Waals surface area (Å²) < 4.78 is 0.985. The zero-order chi connectivity index (χ0) is 14.4. The van der Waals surface area contributed by atoms with Crippen LogP contribution in [-0.2, 0) is 4.79 Å². The Morgan fingerprint density at radius 3 is 3.05 bits per heavy atom. The molecule has 0 radical (unpaired) electrons. The third kappa shape index (κ3) is 4.63. The molecule has 1 amide bonds. The van der Waals surface area contributed by atoms with Crippen LogP contribution in [0.1, 0.15) is 32.6 Å². The SMILES string of the molecule is CC1CCCCC1=NNC(=O)CNc1cccc(Br)c1. The fourth-order valence-corrected chi connectivity index (χ4v) is 2.69. The third-order valence-corrected chi connectivity index (χ3v) is 3.98. The fourth-order valence-electron chi connectivity index (χ4n) is 2.29. The highest BCUT2D eigenvalue weighted by atomic mass is 79.9. The van der Waals surface area contributed by atoms with Crippen molar-refractivity contribution < 1.29 is 4.79 Å². The zero-order valence-corrected chi connectivity index (χ0v) is 13.2. The number of anilines is 1. The molecule has 1 aliphatic rings. The van der Waals surface area contributed by atoms with Gasteiger partial charge in [0.2, 0.25) is 0 Å². The summed E-state index contributed by atoms with van der Waals surface area (Å²) in [6, 6.07) is 7.73. The number of amides is 1. The molecular formula is C15H20BrN3O. The van der Waals surface area contributed by atoms with Gasteiger partial charge in [0, 0.05) is 15.9 Å². The second kappa shape index (κ2) is 7.43. The number of rotatable bonds is 4. The smallest absolute Gasteiger partial charge is 0.259 e. The van der Waals surface area contributed by atoms with Crippen LogP contribution >= 0.6 is 15.9 Å². The summed E-state index contributed by atoms with van der Waals surface area (Å²) in [6.45, 7) is 2.39. The zero-order valence-electron chi connectivity index (χ0n) is 11.7. The highest BCUT2D eigenvalue weighted by molar-refractivity contribution is 9.10. The molecule has 1 saturated carbocycles. The lowest BCUT2D eigenvalue weighted by Crippen LogP contribution is -2.28. The van der Waals surface area contributed by atoms with Crippen molar-refractivity contribution in [2.24, 2.45) is 11.0 Å². The predicted octanol–water partition coefficient (Wildman–Crippen LogP) is 3.54. The largest absolute Gasteiger partial charge is 0.376 e. The summed E-state index contributed by atoms with van der Waals surface area (Å²) in [5.41, 5.74) is 4.67. The fraction of sp³-hybridized carbons (Fsp3) is 0.467. The third-order valence-electron chi connectivity index (χ3n) is 3.49. The van der Waals surface area contributed by atoms with Gasteiger partial charge < -0.3 is 5.32 Å². The Morgan fingerprint density at radius 2 is 2.30 bits per heavy atom. The Morgan fingerprint density at radius 1 is 1.45 bits per heavy atom. The first-order chi connectivity index (χ1) is 9.65. The molecule has 0 spiro atoms. The maximum Gasteiger partial charge on any atom is 0.259 e. The second-order valence-electron chi connectivity index (χ2n) is 5.15. The van der Waals surface area contributed by atoms with Gasteiger partial charge >= 0.3 is 0 Å². The predicted molar refractivity (Wildman–Crippen MR) is 85.8 cm³/mol. The van der Waals surface area contributed by atoms with Crippen LogP contribution in [0.5, 0.6) is 0 Å². The van der Waals surface area contributed by atoms with Gasteiger partial charge in [-0.1, -0.05) is 35.3 Å². The average molecular weight is 338 g/mol. The number of nitrogens with zero attached hydrogens (tertiary/aromatic N) is 1. The summed E-state index contributed by atoms with van der Waals surface area (Å²) >= 11 is 3.40. The van der Waals surface area contributed by atoms with Crippen LogP contribution in [-0.4, -0.2) is 18.2 Å². The van der Waals surface area contributed by atoms with E-state index < -0.39 is 0 Å². The van der Waals surface area contributed by atoms with Gasteiger partial charge in [0.1, 0.15) is 0 Å². The molecule has 20 heavy (non-hydrogen) atoms. The van der Waals surface area contributed by atoms with Crippen molar-refractivity contribution >= 4 is 33.2 Å². The number of hydrazone groups is 1. The van der Waals surface area contributed by atoms with Gasteiger partial charge in [0.25, 0.3) is 5.91 Å². The first-order valence-electron chi connectivity index (χ1n) is 7.00. The first kappa shape index (κ1) is 15.0. The van der Waals surface area contributed by atoms with E-state index in [1.54, 1.807) is 0 Å². The highest BCUT2D eigenvalue weighted by Crippen LogP contribution is 2.20. The molecule has 1 aliphatic carbocycles. The maximum atomic E-state index is 11.8. The van der Waals surface area contributed by atoms with Crippen molar-refractivity contribution in [2.75, 3.05) is 11.9 Å². The monoisotopic (exact) mass is 337 g/mol. The molecule has 0 aromatic heterocycles. The topological polar surface area (TPSA) is 53.5 Å². The minimum Gasteiger partial charge on any atom is -0.376 e. The first-order valence-corrected chi connectivity index (χ1v) is 7.79. The van der Waals surface area contributed by atoms with Crippen LogP contribution in [0.3, 0.4) is 0 Å². The molecule has 0 saturated heterocycles. The van der Waals surface area contributed by atoms with Crippen molar-refractivity contribution in [3.05, 3.63) is 28.7 Å². The van der Waals surface area contributed by atoms with Crippen molar-refractivity contribution in [3.63, 3.8) is 0 Å². The Hall–Kier alpha value is -1.36. The molecule has 1 aromatic carbocycles. The van der Waals surface area contributed by atoms with E-state index in [-0.39, 0.29) is 12.5 Å². The van der Waals surface area contributed by atoms with Crippen molar-refractivity contribution in [2.45, 2.75) is 32.6 Å². The molecule has 0 bridgehead atoms. The van der Waals surface area contributed by atoms with E-state index in [1.165, 1.54) is 19.3 Å². The Labute approximate surface area is 128 Å². The summed E-state index contributed by atoms with van der Waals surface area (Å²) in [4.78, 5) is 11.8. The number of benzene rings is 1. The molecule has 108 valence electrons. The molecule has 5 heteroatoms. The van der Waals surface area contributed by atoms with E-state index in [0.717, 1.165) is 22.3 Å². The van der Waals surface area contributed by atoms with Crippen LogP contribution in [0.4, 0.5) is 5.69 Å². The van der Waals surface area contributed by atoms with Crippen LogP contribution in [0.25, 0.3) is 0 Å². The van der Waals surface area contributed by atoms with Gasteiger partial charge in [-0.15, -0.1) is 0 Å². The van der Waals surface area contributed by atoms with E-state index in [4.69, 9.17) is 0 Å². The molecule has 1 atom stereocenters. The maximum absolute atomic E-state index is 11.8. The lowest BCUT2D eigenvalue weighted by atomic mass is 9.89. The molecule has 1 aromatic rings. The lowest BCUT2D eigenvalue weighted by Gasteiger charge is -2.19. The molecule has 4 nitrogen and oxygen atoms in total. The summed E-state index contributed by atoms with van der Waals surface area (Å²) in [5, 5.41) is 7.33. The van der Waals surface area contributed by atoms with Gasteiger partial charge in [-0.25, -0.2) is 5.43 Å². The normalized spacial score (nSPS) is 20.7. The number of halogens is 1. The summed E-state index contributed by atoms with van der Waals surface area (Å²) in [7, 11) is 0. The second-order valence-corrected chi connectivity index (χ2v) is 6.06. The average Bonchev–Trinajstić information content (AvgIpc) is 2.44. The summed E-state index contributed by atoms with van der Waals surface area (Å²) in [6.07, 6.45) is 4.61. The number of nitrogens with one attached hydrogen (secondary N) is 2. The van der Waals surface area contributed by atoms with Gasteiger partial charge in [-0.05, 0) is 43.4 Å². The van der Waals surface area contributed by atoms with Gasteiger partial charge in [0.15, 0.2) is 0 Å². The molecule has 0 aliphatic heterocycles. The van der Waals surface area contributed by atoms with Gasteiger partial charge in [-0.3, -0.25) is 4.79 Å². The van der Waals surface area contributed by atoms with E-state index in [9.17, 15) is 4.79 Å². The van der Waals surface area contributed by atoms with E-state index in [2.05, 4.69) is 38.7 Å². The van der Waals surface area contributed by atoms with Crippen molar-refractivity contribution in [3.8, 4) is 0 Å². The molecule has 2 N–H and O–H groups in total. The van der Waals surface area contributed by atoms with E-state index >= 15 is 0 Å². The Bertz CT molecular complexity index is 502. The molecule has 0 heterocycles. The number of carbonyl (C=O) groups is 1. The van der Waals surface area contributed by atoms with Crippen LogP contribution in [0.15, 0.2) is 33.8 Å². The van der Waals surface area contributed by atoms with E-state index in [1.807, 2.05) is 24.3 Å². The van der Waals surface area contributed by atoms with E-state index in [0.29, 0.717) is 5.92 Å². The van der Waals surface area contributed by atoms with Gasteiger partial charge in [0.05, 0.1) is 6.54 Å². The quantitative estimate of drug-likeness (QED) is 0.825. The minimum atomic E-state index is -0.116. The Balaban J connectivity index is 1.79. The van der Waals surface area contributed by atoms with Crippen LogP contribution in [0.2, 0.25) is 0 Å². The van der Waals surface area contributed by atoms with Crippen LogP contribution in [0, 0.1) is 5.92 Å². The molecule has 2 rings (SSSR count). The molecular weight excluding hydrogens is 318 g/mol. The molecule has 1 unspecified atom stereocenters. The lowest BCUT2D eigenvalue weighted by molar-refractivity contribution is -0.119. The van der Waals surface area contributed by atoms with Crippen LogP contribution < -0.4 is 10.7 Å². The standard InChI is InChI=1S/C15H20BrN3O/c1-11-5-2-3-8-14(11)18-19-15(20)10-17-13-7-4-6-12(16)9-13/h4,6-7,9,11,17H,2-3,5,8,10H2,1H3,(H,19,20). The van der Waals surface area contributed by atoms with Crippen molar-refractivity contribution in [1.82, 2.24) is 5.43 Å². The summed E-state index contributed by atoms with van der Waals surface area (Å²) in [5.74, 6) is 0.373. The minimum absolute atomic E-state index is 0.116. The number of hydrogen-bond acceptors (Lipinski definition) is 3. The van der Waals surface area contributed by atoms with Crippen molar-refractivity contribution in [1.29, 1.82) is 0 Å². The van der Waals surface area contributed by atoms with Gasteiger partial charge in [-0.2, -0.15) is 5.10 Å². The number of hydrogen-bond donors (Lipinski definition) is 2. The highest BCUT2D eigenvalue weighted by Gasteiger charge is 2.15.